The highest BCUT2D eigenvalue weighted by Crippen LogP contribution is 2.28. The fourth-order valence-electron chi connectivity index (χ4n) is 3.42. The highest BCUT2D eigenvalue weighted by Gasteiger charge is 2.24. The number of aliphatic hydroxyl groups excluding tert-OH is 2. The summed E-state index contributed by atoms with van der Waals surface area (Å²) in [6.45, 7) is 1.46. The summed E-state index contributed by atoms with van der Waals surface area (Å²) in [5.74, 6) is 0.0531. The van der Waals surface area contributed by atoms with E-state index in [1.54, 1.807) is 17.2 Å². The molecule has 3 heterocycles. The van der Waals surface area contributed by atoms with E-state index in [2.05, 4.69) is 15.3 Å². The van der Waals surface area contributed by atoms with E-state index in [-0.39, 0.29) is 30.6 Å². The Morgan fingerprint density at radius 1 is 1.26 bits per heavy atom. The van der Waals surface area contributed by atoms with Gasteiger partial charge in [0.1, 0.15) is 5.82 Å². The van der Waals surface area contributed by atoms with Crippen LogP contribution in [0.2, 0.25) is 0 Å². The Labute approximate surface area is 181 Å². The molecule has 2 aromatic heterocycles. The molecule has 1 fully saturated rings. The number of pyridine rings is 1. The number of anilines is 2. The molecule has 1 aliphatic rings. The van der Waals surface area contributed by atoms with Gasteiger partial charge in [0.2, 0.25) is 0 Å². The molecule has 31 heavy (non-hydrogen) atoms. The zero-order valence-corrected chi connectivity index (χ0v) is 17.3. The van der Waals surface area contributed by atoms with Crippen LogP contribution in [0.15, 0.2) is 30.5 Å². The lowest BCUT2D eigenvalue weighted by Crippen LogP contribution is -2.50. The number of aliphatic hydroxyl groups is 2. The van der Waals surface area contributed by atoms with Crippen molar-refractivity contribution in [2.75, 3.05) is 43.0 Å². The maximum atomic E-state index is 13.3. The smallest absolute Gasteiger partial charge is 0.323 e. The molecule has 1 aromatic carbocycles. The van der Waals surface area contributed by atoms with Gasteiger partial charge in [0, 0.05) is 38.8 Å². The number of nitrogens with zero attached hydrogens (tertiary/aromatic N) is 4. The van der Waals surface area contributed by atoms with Crippen LogP contribution in [0, 0.1) is 5.82 Å². The topological polar surface area (TPSA) is 122 Å². The molecule has 0 aliphatic carbocycles. The van der Waals surface area contributed by atoms with Crippen LogP contribution in [0.5, 0.6) is 5.75 Å². The summed E-state index contributed by atoms with van der Waals surface area (Å²) in [6.07, 6.45) is 0.857. The molecule has 1 atom stereocenters. The maximum Gasteiger partial charge on any atom is 0.323 e. The number of halogens is 1. The molecule has 0 radical (unpaired) electrons. The van der Waals surface area contributed by atoms with Crippen LogP contribution in [0.3, 0.4) is 0 Å². The number of nitrogens with one attached hydrogen (secondary N) is 1. The quantitative estimate of drug-likeness (QED) is 0.470. The molecular weight excluding hydrogens is 425 g/mol. The molecule has 0 spiro atoms. The first-order chi connectivity index (χ1) is 14.9. The van der Waals surface area contributed by atoms with Crippen LogP contribution >= 0.6 is 11.3 Å². The summed E-state index contributed by atoms with van der Waals surface area (Å²) >= 11 is 1.21. The third-order valence-electron chi connectivity index (χ3n) is 5.02. The molecule has 9 nitrogen and oxygen atoms in total. The van der Waals surface area contributed by atoms with Crippen molar-refractivity contribution in [2.45, 2.75) is 12.5 Å². The van der Waals surface area contributed by atoms with Gasteiger partial charge >= 0.3 is 6.03 Å². The van der Waals surface area contributed by atoms with Gasteiger partial charge in [-0.25, -0.2) is 19.2 Å². The van der Waals surface area contributed by atoms with E-state index in [1.807, 2.05) is 4.90 Å². The van der Waals surface area contributed by atoms with Crippen molar-refractivity contribution in [2.24, 2.45) is 0 Å². The zero-order valence-electron chi connectivity index (χ0n) is 16.5. The number of carbonyl (C=O) groups is 1. The van der Waals surface area contributed by atoms with E-state index >= 15 is 0 Å². The molecule has 11 heteroatoms. The van der Waals surface area contributed by atoms with Crippen LogP contribution in [0.4, 0.5) is 20.1 Å². The van der Waals surface area contributed by atoms with E-state index in [1.165, 1.54) is 29.5 Å². The first-order valence-electron chi connectivity index (χ1n) is 9.76. The van der Waals surface area contributed by atoms with Gasteiger partial charge in [0.05, 0.1) is 22.9 Å². The summed E-state index contributed by atoms with van der Waals surface area (Å²) in [5, 5.41) is 31.9. The van der Waals surface area contributed by atoms with Crippen molar-refractivity contribution in [3.8, 4) is 5.75 Å². The van der Waals surface area contributed by atoms with Crippen molar-refractivity contribution in [3.05, 3.63) is 41.8 Å². The molecule has 1 aliphatic heterocycles. The first kappa shape index (κ1) is 21.2. The number of amides is 2. The molecule has 1 saturated heterocycles. The highest BCUT2D eigenvalue weighted by molar-refractivity contribution is 7.22. The molecule has 4 rings (SSSR count). The number of aromatic nitrogens is 2. The van der Waals surface area contributed by atoms with Gasteiger partial charge in [-0.05, 0) is 29.8 Å². The van der Waals surface area contributed by atoms with E-state index < -0.39 is 6.10 Å². The van der Waals surface area contributed by atoms with Crippen LogP contribution < -0.4 is 10.2 Å². The lowest BCUT2D eigenvalue weighted by atomic mass is 10.1. The number of hydrogen-bond acceptors (Lipinski definition) is 8. The lowest BCUT2D eigenvalue weighted by Gasteiger charge is -2.35. The Balaban J connectivity index is 1.35. The second kappa shape index (κ2) is 9.00. The average molecular weight is 447 g/mol. The van der Waals surface area contributed by atoms with Gasteiger partial charge in [0.15, 0.2) is 16.7 Å². The molecule has 0 unspecified atom stereocenters. The summed E-state index contributed by atoms with van der Waals surface area (Å²) in [5.41, 5.74) is 1.25. The number of rotatable bonds is 5. The molecule has 4 N–H and O–H groups in total. The summed E-state index contributed by atoms with van der Waals surface area (Å²) in [7, 11) is 0. The largest absolute Gasteiger partial charge is 0.504 e. The molecule has 0 saturated carbocycles. The number of thiazole rings is 1. The summed E-state index contributed by atoms with van der Waals surface area (Å²) < 4.78 is 14.0. The predicted molar refractivity (Wildman–Crippen MR) is 115 cm³/mol. The summed E-state index contributed by atoms with van der Waals surface area (Å²) in [6, 6.07) is 5.53. The molecule has 3 aromatic rings. The van der Waals surface area contributed by atoms with Gasteiger partial charge in [-0.1, -0.05) is 11.3 Å². The number of aromatic hydroxyl groups is 1. The van der Waals surface area contributed by atoms with Crippen LogP contribution in [-0.2, 0) is 6.42 Å². The van der Waals surface area contributed by atoms with Crippen LogP contribution in [-0.4, -0.2) is 75.1 Å². The monoisotopic (exact) mass is 447 g/mol. The Kier molecular flexibility index (Phi) is 6.16. The number of benzene rings is 1. The van der Waals surface area contributed by atoms with Crippen LogP contribution in [0.1, 0.15) is 5.56 Å². The van der Waals surface area contributed by atoms with Crippen LogP contribution in [0.25, 0.3) is 10.2 Å². The minimum absolute atomic E-state index is 0.0118. The van der Waals surface area contributed by atoms with Gasteiger partial charge < -0.3 is 25.1 Å². The Morgan fingerprint density at radius 3 is 2.74 bits per heavy atom. The molecule has 164 valence electrons. The second-order valence-electron chi connectivity index (χ2n) is 7.26. The van der Waals surface area contributed by atoms with E-state index in [0.717, 1.165) is 0 Å². The molecule has 2 amide bonds. The number of urea groups is 1. The predicted octanol–water partition coefficient (Wildman–Crippen LogP) is 1.79. The minimum atomic E-state index is -0.899. The normalized spacial score (nSPS) is 15.3. The zero-order chi connectivity index (χ0) is 22.0. The Morgan fingerprint density at radius 2 is 2.03 bits per heavy atom. The highest BCUT2D eigenvalue weighted by atomic mass is 32.1. The minimum Gasteiger partial charge on any atom is -0.504 e. The van der Waals surface area contributed by atoms with Crippen molar-refractivity contribution >= 4 is 38.5 Å². The first-order valence-corrected chi connectivity index (χ1v) is 10.6. The van der Waals surface area contributed by atoms with Gasteiger partial charge in [0.25, 0.3) is 0 Å². The molecular formula is C20H22FN5O4S. The second-order valence-corrected chi connectivity index (χ2v) is 8.29. The van der Waals surface area contributed by atoms with Crippen molar-refractivity contribution in [1.29, 1.82) is 0 Å². The Bertz CT molecular complexity index is 1090. The standard InChI is InChI=1S/C20H22FN5O4S/c21-13-1-2-15-17(9-13)31-19(23-15)24-20(30)26-5-3-25(4-6-26)18-16(29)8-12(10-22-18)7-14(28)11-27/h1-2,8-10,14,27-29H,3-7,11H2,(H,23,24,30)/t14-/m0/s1. The molecule has 0 bridgehead atoms. The van der Waals surface area contributed by atoms with Gasteiger partial charge in [-0.2, -0.15) is 0 Å². The number of fused-ring (bicyclic) bond motifs is 1. The van der Waals surface area contributed by atoms with Crippen molar-refractivity contribution in [1.82, 2.24) is 14.9 Å². The number of piperazine rings is 1. The fraction of sp³-hybridized carbons (Fsp3) is 0.350. The van der Waals surface area contributed by atoms with E-state index in [4.69, 9.17) is 5.11 Å². The van der Waals surface area contributed by atoms with Crippen molar-refractivity contribution < 1.29 is 24.5 Å². The average Bonchev–Trinajstić information content (AvgIpc) is 3.15. The maximum absolute atomic E-state index is 13.3. The van der Waals surface area contributed by atoms with Gasteiger partial charge in [-0.15, -0.1) is 0 Å². The lowest BCUT2D eigenvalue weighted by molar-refractivity contribution is 0.0954. The van der Waals surface area contributed by atoms with Gasteiger partial charge in [-0.3, -0.25) is 5.32 Å². The van der Waals surface area contributed by atoms with E-state index in [9.17, 15) is 19.4 Å². The third-order valence-corrected chi connectivity index (χ3v) is 5.95. The Hall–Kier alpha value is -3.02. The number of carbonyl (C=O) groups excluding carboxylic acids is 1. The van der Waals surface area contributed by atoms with E-state index in [0.29, 0.717) is 52.9 Å². The number of hydrogen-bond donors (Lipinski definition) is 4. The fourth-order valence-corrected chi connectivity index (χ4v) is 4.30. The summed E-state index contributed by atoms with van der Waals surface area (Å²) in [4.78, 5) is 24.7. The third kappa shape index (κ3) is 4.84. The van der Waals surface area contributed by atoms with Crippen molar-refractivity contribution in [3.63, 3.8) is 0 Å². The SMILES string of the molecule is O=C(Nc1nc2ccc(F)cc2s1)N1CCN(c2ncc(C[C@H](O)CO)cc2O)CC1.